The zero-order chi connectivity index (χ0) is 15.4. The van der Waals surface area contributed by atoms with Crippen LogP contribution in [0.5, 0.6) is 0 Å². The molecule has 2 atom stereocenters. The molecule has 0 aliphatic carbocycles. The van der Waals surface area contributed by atoms with Crippen LogP contribution < -0.4 is 5.32 Å². The van der Waals surface area contributed by atoms with Crippen LogP contribution in [0.2, 0.25) is 0 Å². The van der Waals surface area contributed by atoms with Gasteiger partial charge in [-0.2, -0.15) is 0 Å². The molecule has 21 heavy (non-hydrogen) atoms. The SMILES string of the molecule is CC(C)CCCC(C)N1C(=O)CNC1c1cccc(F)c1. The average molecular weight is 292 g/mol. The van der Waals surface area contributed by atoms with Gasteiger partial charge in [0.15, 0.2) is 0 Å². The van der Waals surface area contributed by atoms with E-state index in [1.54, 1.807) is 6.07 Å². The van der Waals surface area contributed by atoms with Gasteiger partial charge in [0.1, 0.15) is 12.0 Å². The largest absolute Gasteiger partial charge is 0.319 e. The summed E-state index contributed by atoms with van der Waals surface area (Å²) in [5, 5.41) is 3.19. The zero-order valence-corrected chi connectivity index (χ0v) is 13.1. The lowest BCUT2D eigenvalue weighted by molar-refractivity contribution is -0.130. The Morgan fingerprint density at radius 3 is 2.76 bits per heavy atom. The highest BCUT2D eigenvalue weighted by molar-refractivity contribution is 5.81. The molecular formula is C17H25FN2O. The maximum absolute atomic E-state index is 13.4. The third kappa shape index (κ3) is 4.03. The average Bonchev–Trinajstić information content (AvgIpc) is 2.80. The Kier molecular flexibility index (Phi) is 5.34. The lowest BCUT2D eigenvalue weighted by atomic mass is 10.0. The number of hydrogen-bond acceptors (Lipinski definition) is 2. The second kappa shape index (κ2) is 7.03. The summed E-state index contributed by atoms with van der Waals surface area (Å²) in [5.74, 6) is 0.519. The van der Waals surface area contributed by atoms with Crippen molar-refractivity contribution < 1.29 is 9.18 Å². The van der Waals surface area contributed by atoms with Crippen LogP contribution in [0.25, 0.3) is 0 Å². The van der Waals surface area contributed by atoms with Crippen LogP contribution in [0.3, 0.4) is 0 Å². The van der Waals surface area contributed by atoms with Gasteiger partial charge in [-0.05, 0) is 37.0 Å². The highest BCUT2D eigenvalue weighted by atomic mass is 19.1. The molecule has 2 rings (SSSR count). The first-order chi connectivity index (χ1) is 9.99. The molecule has 1 aliphatic rings. The van der Waals surface area contributed by atoms with Crippen molar-refractivity contribution >= 4 is 5.91 Å². The number of benzene rings is 1. The third-order valence-electron chi connectivity index (χ3n) is 4.06. The van der Waals surface area contributed by atoms with Crippen molar-refractivity contribution in [2.45, 2.75) is 52.2 Å². The monoisotopic (exact) mass is 292 g/mol. The fraction of sp³-hybridized carbons (Fsp3) is 0.588. The molecule has 1 heterocycles. The molecule has 4 heteroatoms. The fourth-order valence-electron chi connectivity index (χ4n) is 2.93. The van der Waals surface area contributed by atoms with E-state index in [2.05, 4.69) is 26.1 Å². The Bertz CT molecular complexity index is 489. The Balaban J connectivity index is 2.06. The van der Waals surface area contributed by atoms with Crippen molar-refractivity contribution in [1.82, 2.24) is 10.2 Å². The van der Waals surface area contributed by atoms with Crippen LogP contribution in [0.1, 0.15) is 51.8 Å². The minimum Gasteiger partial charge on any atom is -0.319 e. The Morgan fingerprint density at radius 1 is 1.33 bits per heavy atom. The second-order valence-corrected chi connectivity index (χ2v) is 6.31. The van der Waals surface area contributed by atoms with Gasteiger partial charge in [0.05, 0.1) is 6.54 Å². The molecule has 0 saturated carbocycles. The molecule has 1 aromatic carbocycles. The molecule has 1 fully saturated rings. The number of halogens is 1. The van der Waals surface area contributed by atoms with Gasteiger partial charge in [0.2, 0.25) is 5.91 Å². The molecule has 1 aliphatic heterocycles. The molecule has 3 nitrogen and oxygen atoms in total. The van der Waals surface area contributed by atoms with E-state index in [-0.39, 0.29) is 23.9 Å². The van der Waals surface area contributed by atoms with E-state index in [1.165, 1.54) is 18.6 Å². The number of nitrogens with one attached hydrogen (secondary N) is 1. The van der Waals surface area contributed by atoms with Crippen LogP contribution >= 0.6 is 0 Å². The van der Waals surface area contributed by atoms with Gasteiger partial charge in [-0.1, -0.05) is 38.8 Å². The van der Waals surface area contributed by atoms with Gasteiger partial charge < -0.3 is 4.90 Å². The van der Waals surface area contributed by atoms with Crippen molar-refractivity contribution in [2.75, 3.05) is 6.54 Å². The van der Waals surface area contributed by atoms with Gasteiger partial charge in [-0.15, -0.1) is 0 Å². The molecule has 116 valence electrons. The summed E-state index contributed by atoms with van der Waals surface area (Å²) in [7, 11) is 0. The van der Waals surface area contributed by atoms with Crippen LogP contribution in [-0.2, 0) is 4.79 Å². The summed E-state index contributed by atoms with van der Waals surface area (Å²) in [6.45, 7) is 6.83. The highest BCUT2D eigenvalue weighted by Crippen LogP contribution is 2.27. The Hall–Kier alpha value is -1.42. The predicted octanol–water partition coefficient (Wildman–Crippen LogP) is 3.47. The Morgan fingerprint density at radius 2 is 2.10 bits per heavy atom. The number of carbonyl (C=O) groups is 1. The first-order valence-electron chi connectivity index (χ1n) is 7.79. The minimum atomic E-state index is -0.263. The fourth-order valence-corrected chi connectivity index (χ4v) is 2.93. The third-order valence-corrected chi connectivity index (χ3v) is 4.06. The van der Waals surface area contributed by atoms with E-state index in [4.69, 9.17) is 0 Å². The van der Waals surface area contributed by atoms with Crippen molar-refractivity contribution in [3.63, 3.8) is 0 Å². The summed E-state index contributed by atoms with van der Waals surface area (Å²) < 4.78 is 13.4. The number of amides is 1. The molecule has 0 spiro atoms. The molecule has 0 radical (unpaired) electrons. The number of rotatable bonds is 6. The molecule has 0 aromatic heterocycles. The van der Waals surface area contributed by atoms with Gasteiger partial charge in [0, 0.05) is 6.04 Å². The minimum absolute atomic E-state index is 0.0984. The van der Waals surface area contributed by atoms with Crippen molar-refractivity contribution in [3.05, 3.63) is 35.6 Å². The van der Waals surface area contributed by atoms with Crippen LogP contribution in [0.15, 0.2) is 24.3 Å². The first-order valence-corrected chi connectivity index (χ1v) is 7.79. The highest BCUT2D eigenvalue weighted by Gasteiger charge is 2.34. The summed E-state index contributed by atoms with van der Waals surface area (Å²) in [6.07, 6.45) is 3.06. The maximum Gasteiger partial charge on any atom is 0.238 e. The standard InChI is InChI=1S/C17H25FN2O/c1-12(2)6-4-7-13(3)20-16(21)11-19-17(20)14-8-5-9-15(18)10-14/h5,8-10,12-13,17,19H,4,6-7,11H2,1-3H3. The number of carbonyl (C=O) groups excluding carboxylic acids is 1. The van der Waals surface area contributed by atoms with E-state index < -0.39 is 0 Å². The van der Waals surface area contributed by atoms with Crippen molar-refractivity contribution in [1.29, 1.82) is 0 Å². The van der Waals surface area contributed by atoms with Crippen molar-refractivity contribution in [2.24, 2.45) is 5.92 Å². The summed E-state index contributed by atoms with van der Waals surface area (Å²) in [4.78, 5) is 14.0. The van der Waals surface area contributed by atoms with E-state index in [0.29, 0.717) is 12.5 Å². The lowest BCUT2D eigenvalue weighted by Crippen LogP contribution is -2.38. The normalized spacial score (nSPS) is 20.3. The zero-order valence-electron chi connectivity index (χ0n) is 13.1. The molecule has 0 bridgehead atoms. The maximum atomic E-state index is 13.4. The van der Waals surface area contributed by atoms with E-state index in [1.807, 2.05) is 11.0 Å². The van der Waals surface area contributed by atoms with Gasteiger partial charge in [0.25, 0.3) is 0 Å². The molecule has 1 aromatic rings. The predicted molar refractivity (Wildman–Crippen MR) is 82.1 cm³/mol. The summed E-state index contributed by atoms with van der Waals surface area (Å²) >= 11 is 0. The summed E-state index contributed by atoms with van der Waals surface area (Å²) in [6, 6.07) is 6.66. The smallest absolute Gasteiger partial charge is 0.238 e. The van der Waals surface area contributed by atoms with Gasteiger partial charge in [-0.25, -0.2) is 4.39 Å². The lowest BCUT2D eigenvalue weighted by Gasteiger charge is -2.31. The van der Waals surface area contributed by atoms with Crippen LogP contribution in [-0.4, -0.2) is 23.4 Å². The summed E-state index contributed by atoms with van der Waals surface area (Å²) in [5.41, 5.74) is 0.816. The molecule has 1 saturated heterocycles. The van der Waals surface area contributed by atoms with E-state index >= 15 is 0 Å². The quantitative estimate of drug-likeness (QED) is 0.870. The van der Waals surface area contributed by atoms with E-state index in [0.717, 1.165) is 18.4 Å². The molecule has 1 amide bonds. The van der Waals surface area contributed by atoms with Crippen molar-refractivity contribution in [3.8, 4) is 0 Å². The topological polar surface area (TPSA) is 32.3 Å². The second-order valence-electron chi connectivity index (χ2n) is 6.31. The Labute approximate surface area is 126 Å². The first kappa shape index (κ1) is 16.0. The van der Waals surface area contributed by atoms with Gasteiger partial charge >= 0.3 is 0 Å². The number of hydrogen-bond donors (Lipinski definition) is 1. The molecule has 2 unspecified atom stereocenters. The van der Waals surface area contributed by atoms with E-state index in [9.17, 15) is 9.18 Å². The number of nitrogens with zero attached hydrogens (tertiary/aromatic N) is 1. The van der Waals surface area contributed by atoms with Crippen LogP contribution in [0, 0.1) is 11.7 Å². The molecule has 1 N–H and O–H groups in total. The van der Waals surface area contributed by atoms with Crippen LogP contribution in [0.4, 0.5) is 4.39 Å². The molecular weight excluding hydrogens is 267 g/mol. The van der Waals surface area contributed by atoms with Gasteiger partial charge in [-0.3, -0.25) is 10.1 Å².